The number of hydrogen-bond donors (Lipinski definition) is 4. The number of nitrogens with zero attached hydrogens (tertiary/aromatic N) is 3. The Labute approximate surface area is 229 Å². The van der Waals surface area contributed by atoms with Crippen molar-refractivity contribution in [1.82, 2.24) is 25.1 Å². The first-order valence-corrected chi connectivity index (χ1v) is 12.7. The number of aromatic nitrogens is 2. The summed E-state index contributed by atoms with van der Waals surface area (Å²) in [7, 11) is 0. The Morgan fingerprint density at radius 1 is 1.15 bits per heavy atom. The van der Waals surface area contributed by atoms with Crippen LogP contribution in [0.5, 0.6) is 5.75 Å². The number of nitrogens with two attached hydrogens (primary N) is 1. The molecule has 0 fully saturated rings. The minimum Gasteiger partial charge on any atom is -0.503 e. The molecule has 4 rings (SSSR count). The number of carbonyl (C=O) groups is 3. The molecular weight excluding hydrogens is 524 g/mol. The molecule has 1 aliphatic rings. The van der Waals surface area contributed by atoms with Crippen LogP contribution in [0.4, 0.5) is 5.82 Å². The molecule has 0 spiro atoms. The molecule has 2 aromatic heterocycles. The van der Waals surface area contributed by atoms with Gasteiger partial charge in [-0.05, 0) is 43.7 Å². The maximum absolute atomic E-state index is 13.3. The average Bonchev–Trinajstić information content (AvgIpc) is 2.89. The molecule has 11 nitrogen and oxygen atoms in total. The highest BCUT2D eigenvalue weighted by Crippen LogP contribution is 2.23. The van der Waals surface area contributed by atoms with Gasteiger partial charge < -0.3 is 30.9 Å². The third kappa shape index (κ3) is 6.20. The van der Waals surface area contributed by atoms with Crippen LogP contribution in [0.3, 0.4) is 0 Å². The second-order valence-corrected chi connectivity index (χ2v) is 9.93. The summed E-state index contributed by atoms with van der Waals surface area (Å²) in [5.74, 6) is -1.87. The van der Waals surface area contributed by atoms with E-state index in [1.807, 2.05) is 13.8 Å². The van der Waals surface area contributed by atoms with Crippen LogP contribution in [0.25, 0.3) is 0 Å². The first kappa shape index (κ1) is 27.6. The highest BCUT2D eigenvalue weighted by atomic mass is 35.5. The number of benzene rings is 1. The minimum atomic E-state index is -1.00. The molecule has 0 radical (unpaired) electrons. The Morgan fingerprint density at radius 2 is 1.92 bits per heavy atom. The van der Waals surface area contributed by atoms with Gasteiger partial charge >= 0.3 is 0 Å². The zero-order valence-electron chi connectivity index (χ0n) is 21.5. The number of hydrogen-bond acceptors (Lipinski definition) is 7. The van der Waals surface area contributed by atoms with Gasteiger partial charge in [-0.15, -0.1) is 0 Å². The van der Waals surface area contributed by atoms with Crippen molar-refractivity contribution >= 4 is 35.1 Å². The van der Waals surface area contributed by atoms with Gasteiger partial charge in [-0.1, -0.05) is 23.7 Å². The zero-order valence-corrected chi connectivity index (χ0v) is 22.2. The van der Waals surface area contributed by atoms with Crippen LogP contribution in [-0.4, -0.2) is 55.9 Å². The summed E-state index contributed by atoms with van der Waals surface area (Å²) in [6, 6.07) is 9.98. The standard InChI is InChI=1S/C27H29ClN6O5/c1-15(2)33-8-9-34-19(12-21(35)24(36)23(34)27(33)39)14-31-26(38)20(11-16-4-3-5-18(28)10-16)32-25(37)17-6-7-22(29)30-13-17/h3-7,10,12-13,15,20,36H,8-9,11,14H2,1-2H3,(H2,29,30)(H,31,38)(H,32,37)/t20-/m1/s1. The summed E-state index contributed by atoms with van der Waals surface area (Å²) >= 11 is 6.11. The number of anilines is 1. The molecule has 0 aliphatic carbocycles. The lowest BCUT2D eigenvalue weighted by molar-refractivity contribution is -0.123. The largest absolute Gasteiger partial charge is 0.503 e. The second-order valence-electron chi connectivity index (χ2n) is 9.49. The Kier molecular flexibility index (Phi) is 8.20. The Bertz CT molecular complexity index is 1470. The van der Waals surface area contributed by atoms with Crippen molar-refractivity contribution in [2.24, 2.45) is 0 Å². The smallest absolute Gasteiger partial charge is 0.274 e. The lowest BCUT2D eigenvalue weighted by Gasteiger charge is -2.34. The lowest BCUT2D eigenvalue weighted by atomic mass is 10.0. The van der Waals surface area contributed by atoms with E-state index < -0.39 is 34.9 Å². The fraction of sp³-hybridized carbons (Fsp3) is 0.296. The number of aromatic hydroxyl groups is 1. The van der Waals surface area contributed by atoms with Crippen LogP contribution in [0.1, 0.15) is 46.0 Å². The number of nitrogen functional groups attached to an aromatic ring is 1. The molecular formula is C27H29ClN6O5. The SMILES string of the molecule is CC(C)N1CCn2c(CNC(=O)[C@@H](Cc3cccc(Cl)c3)NC(=O)c3ccc(N)nc3)cc(=O)c(O)c2C1=O. The van der Waals surface area contributed by atoms with Gasteiger partial charge in [-0.3, -0.25) is 19.2 Å². The van der Waals surface area contributed by atoms with Gasteiger partial charge in [0.1, 0.15) is 11.9 Å². The highest BCUT2D eigenvalue weighted by Gasteiger charge is 2.31. The number of pyridine rings is 2. The van der Waals surface area contributed by atoms with E-state index in [9.17, 15) is 24.3 Å². The average molecular weight is 553 g/mol. The van der Waals surface area contributed by atoms with Crippen molar-refractivity contribution < 1.29 is 19.5 Å². The van der Waals surface area contributed by atoms with Gasteiger partial charge in [0, 0.05) is 48.5 Å². The van der Waals surface area contributed by atoms with Gasteiger partial charge in [-0.25, -0.2) is 4.98 Å². The van der Waals surface area contributed by atoms with E-state index in [0.29, 0.717) is 23.8 Å². The minimum absolute atomic E-state index is 0.105. The van der Waals surface area contributed by atoms with Crippen molar-refractivity contribution in [2.45, 2.75) is 45.4 Å². The van der Waals surface area contributed by atoms with Gasteiger partial charge in [0.25, 0.3) is 11.8 Å². The Balaban J connectivity index is 1.57. The van der Waals surface area contributed by atoms with Gasteiger partial charge in [0.2, 0.25) is 11.3 Å². The molecule has 1 aromatic carbocycles. The third-order valence-corrected chi connectivity index (χ3v) is 6.70. The molecule has 0 saturated heterocycles. The maximum Gasteiger partial charge on any atom is 0.274 e. The molecule has 0 unspecified atom stereocenters. The van der Waals surface area contributed by atoms with E-state index in [0.717, 1.165) is 5.56 Å². The van der Waals surface area contributed by atoms with E-state index in [1.165, 1.54) is 24.4 Å². The molecule has 3 aromatic rings. The highest BCUT2D eigenvalue weighted by molar-refractivity contribution is 6.30. The molecule has 5 N–H and O–H groups in total. The summed E-state index contributed by atoms with van der Waals surface area (Å²) in [5.41, 5.74) is 6.08. The van der Waals surface area contributed by atoms with Gasteiger partial charge in [0.15, 0.2) is 11.4 Å². The van der Waals surface area contributed by atoms with Crippen molar-refractivity contribution in [3.63, 3.8) is 0 Å². The predicted octanol–water partition coefficient (Wildman–Crippen LogP) is 1.71. The van der Waals surface area contributed by atoms with Crippen LogP contribution < -0.4 is 21.8 Å². The fourth-order valence-corrected chi connectivity index (χ4v) is 4.65. The fourth-order valence-electron chi connectivity index (χ4n) is 4.43. The number of rotatable bonds is 8. The number of fused-ring (bicyclic) bond motifs is 1. The zero-order chi connectivity index (χ0) is 28.3. The first-order chi connectivity index (χ1) is 18.5. The van der Waals surface area contributed by atoms with Crippen molar-refractivity contribution in [3.8, 4) is 5.75 Å². The second kappa shape index (κ2) is 11.6. The predicted molar refractivity (Wildman–Crippen MR) is 145 cm³/mol. The number of carbonyl (C=O) groups excluding carboxylic acids is 3. The molecule has 0 bridgehead atoms. The molecule has 12 heteroatoms. The molecule has 1 atom stereocenters. The van der Waals surface area contributed by atoms with Crippen LogP contribution in [0.2, 0.25) is 5.02 Å². The number of amides is 3. The summed E-state index contributed by atoms with van der Waals surface area (Å²) in [4.78, 5) is 57.2. The van der Waals surface area contributed by atoms with E-state index in [1.54, 1.807) is 33.7 Å². The molecule has 204 valence electrons. The van der Waals surface area contributed by atoms with Crippen LogP contribution >= 0.6 is 11.6 Å². The number of nitrogens with one attached hydrogen (secondary N) is 2. The van der Waals surface area contributed by atoms with E-state index >= 15 is 0 Å². The first-order valence-electron chi connectivity index (χ1n) is 12.4. The van der Waals surface area contributed by atoms with Crippen LogP contribution in [-0.2, 0) is 24.3 Å². The van der Waals surface area contributed by atoms with E-state index in [2.05, 4.69) is 15.6 Å². The summed E-state index contributed by atoms with van der Waals surface area (Å²) in [5, 5.41) is 16.3. The van der Waals surface area contributed by atoms with E-state index in [-0.39, 0.29) is 36.1 Å². The topological polar surface area (TPSA) is 160 Å². The Hall–Kier alpha value is -4.38. The van der Waals surface area contributed by atoms with Crippen molar-refractivity contribution in [1.29, 1.82) is 0 Å². The molecule has 3 amide bonds. The monoisotopic (exact) mass is 552 g/mol. The Morgan fingerprint density at radius 3 is 2.59 bits per heavy atom. The molecule has 0 saturated carbocycles. The summed E-state index contributed by atoms with van der Waals surface area (Å²) in [6.07, 6.45) is 1.45. The lowest BCUT2D eigenvalue weighted by Crippen LogP contribution is -2.49. The summed E-state index contributed by atoms with van der Waals surface area (Å²) < 4.78 is 1.54. The third-order valence-electron chi connectivity index (χ3n) is 6.47. The molecule has 1 aliphatic heterocycles. The van der Waals surface area contributed by atoms with Crippen molar-refractivity contribution in [2.75, 3.05) is 12.3 Å². The number of halogens is 1. The summed E-state index contributed by atoms with van der Waals surface area (Å²) in [6.45, 7) is 4.31. The van der Waals surface area contributed by atoms with E-state index in [4.69, 9.17) is 17.3 Å². The van der Waals surface area contributed by atoms with Gasteiger partial charge in [0.05, 0.1) is 12.1 Å². The van der Waals surface area contributed by atoms with Gasteiger partial charge in [-0.2, -0.15) is 0 Å². The molecule has 39 heavy (non-hydrogen) atoms. The van der Waals surface area contributed by atoms with Crippen LogP contribution in [0.15, 0.2) is 53.5 Å². The quantitative estimate of drug-likeness (QED) is 0.331. The van der Waals surface area contributed by atoms with Crippen molar-refractivity contribution in [3.05, 3.63) is 86.4 Å². The maximum atomic E-state index is 13.3. The molecule has 3 heterocycles. The normalized spacial score (nSPS) is 13.6. The van der Waals surface area contributed by atoms with Crippen LogP contribution in [0, 0.1) is 0 Å².